The van der Waals surface area contributed by atoms with Gasteiger partial charge < -0.3 is 10.1 Å². The largest absolute Gasteiger partial charge is 0.366 e. The summed E-state index contributed by atoms with van der Waals surface area (Å²) < 4.78 is 0. The van der Waals surface area contributed by atoms with Gasteiger partial charge in [0.25, 0.3) is 0 Å². The second-order valence-electron chi connectivity index (χ2n) is 2.10. The lowest BCUT2D eigenvalue weighted by Gasteiger charge is -1.96. The molecule has 1 rings (SSSR count). The highest BCUT2D eigenvalue weighted by molar-refractivity contribution is 5.31. The molecule has 4 nitrogen and oxygen atoms in total. The summed E-state index contributed by atoms with van der Waals surface area (Å²) in [5.74, 6) is -0.0324. The Hall–Kier alpha value is -1.45. The average Bonchev–Trinajstić information content (AvgIpc) is 2.04. The standard InChI is InChI=1S/C7H8N2O2/c1-2-6-4-3-5-8-7(6)9(10)11/h3-5H,2H2,1H3. The summed E-state index contributed by atoms with van der Waals surface area (Å²) in [6, 6.07) is 3.41. The topological polar surface area (TPSA) is 56.0 Å². The van der Waals surface area contributed by atoms with Gasteiger partial charge in [-0.2, -0.15) is 0 Å². The molecule has 1 aromatic heterocycles. The number of aryl methyl sites for hydroxylation is 1. The molecular weight excluding hydrogens is 144 g/mol. The van der Waals surface area contributed by atoms with Gasteiger partial charge in [-0.3, -0.25) is 0 Å². The zero-order valence-electron chi connectivity index (χ0n) is 6.15. The molecule has 1 heterocycles. The third-order valence-corrected chi connectivity index (χ3v) is 1.42. The van der Waals surface area contributed by atoms with Gasteiger partial charge in [-0.15, -0.1) is 0 Å². The maximum absolute atomic E-state index is 10.3. The first-order chi connectivity index (χ1) is 5.25. The maximum atomic E-state index is 10.3. The molecular formula is C7H8N2O2. The van der Waals surface area contributed by atoms with Crippen molar-refractivity contribution < 1.29 is 4.92 Å². The summed E-state index contributed by atoms with van der Waals surface area (Å²) in [5.41, 5.74) is 0.678. The highest BCUT2D eigenvalue weighted by Gasteiger charge is 2.10. The van der Waals surface area contributed by atoms with Crippen molar-refractivity contribution in [3.63, 3.8) is 0 Å². The lowest BCUT2D eigenvalue weighted by atomic mass is 10.2. The predicted octanol–water partition coefficient (Wildman–Crippen LogP) is 1.55. The van der Waals surface area contributed by atoms with Gasteiger partial charge in [-0.05, 0) is 28.5 Å². The molecule has 0 saturated heterocycles. The van der Waals surface area contributed by atoms with E-state index in [1.54, 1.807) is 12.1 Å². The van der Waals surface area contributed by atoms with Crippen molar-refractivity contribution in [2.45, 2.75) is 13.3 Å². The highest BCUT2D eigenvalue weighted by atomic mass is 16.6. The fourth-order valence-electron chi connectivity index (χ4n) is 0.871. The quantitative estimate of drug-likeness (QED) is 0.477. The SMILES string of the molecule is CCc1cccnc1[N+](=O)[O-]. The van der Waals surface area contributed by atoms with Crippen molar-refractivity contribution in [2.24, 2.45) is 0 Å². The first kappa shape index (κ1) is 7.65. The van der Waals surface area contributed by atoms with E-state index in [-0.39, 0.29) is 5.82 Å². The van der Waals surface area contributed by atoms with E-state index in [2.05, 4.69) is 4.98 Å². The Labute approximate surface area is 64.0 Å². The smallest absolute Gasteiger partial charge is 0.358 e. The molecule has 0 fully saturated rings. The summed E-state index contributed by atoms with van der Waals surface area (Å²) in [6.07, 6.45) is 2.07. The first-order valence-electron chi connectivity index (χ1n) is 3.34. The van der Waals surface area contributed by atoms with Crippen molar-refractivity contribution in [3.8, 4) is 0 Å². The lowest BCUT2D eigenvalue weighted by molar-refractivity contribution is -0.390. The van der Waals surface area contributed by atoms with E-state index < -0.39 is 4.92 Å². The Morgan fingerprint density at radius 3 is 2.91 bits per heavy atom. The minimum Gasteiger partial charge on any atom is -0.358 e. The van der Waals surface area contributed by atoms with E-state index in [0.29, 0.717) is 12.0 Å². The van der Waals surface area contributed by atoms with Crippen LogP contribution in [0.5, 0.6) is 0 Å². The number of nitro groups is 1. The molecule has 11 heavy (non-hydrogen) atoms. The third-order valence-electron chi connectivity index (χ3n) is 1.42. The molecule has 1 aromatic rings. The van der Waals surface area contributed by atoms with Crippen molar-refractivity contribution in [1.29, 1.82) is 0 Å². The number of hydrogen-bond acceptors (Lipinski definition) is 3. The molecule has 0 atom stereocenters. The fourth-order valence-corrected chi connectivity index (χ4v) is 0.871. The van der Waals surface area contributed by atoms with Gasteiger partial charge in [0, 0.05) is 5.56 Å². The third kappa shape index (κ3) is 1.52. The summed E-state index contributed by atoms with van der Waals surface area (Å²) in [7, 11) is 0. The Morgan fingerprint density at radius 1 is 1.73 bits per heavy atom. The van der Waals surface area contributed by atoms with E-state index in [9.17, 15) is 10.1 Å². The zero-order chi connectivity index (χ0) is 8.27. The van der Waals surface area contributed by atoms with E-state index in [0.717, 1.165) is 0 Å². The first-order valence-corrected chi connectivity index (χ1v) is 3.34. The number of nitrogens with zero attached hydrogens (tertiary/aromatic N) is 2. The average molecular weight is 152 g/mol. The van der Waals surface area contributed by atoms with Crippen molar-refractivity contribution in [1.82, 2.24) is 4.98 Å². The summed E-state index contributed by atoms with van der Waals surface area (Å²) >= 11 is 0. The van der Waals surface area contributed by atoms with Crippen LogP contribution in [0.15, 0.2) is 18.3 Å². The van der Waals surface area contributed by atoms with Crippen LogP contribution < -0.4 is 0 Å². The normalized spacial score (nSPS) is 9.55. The van der Waals surface area contributed by atoms with Gasteiger partial charge >= 0.3 is 5.82 Å². The number of hydrogen-bond donors (Lipinski definition) is 0. The van der Waals surface area contributed by atoms with Gasteiger partial charge in [0.15, 0.2) is 0 Å². The van der Waals surface area contributed by atoms with Crippen LogP contribution >= 0.6 is 0 Å². The summed E-state index contributed by atoms with van der Waals surface area (Å²) in [6.45, 7) is 1.87. The molecule has 0 spiro atoms. The van der Waals surface area contributed by atoms with E-state index in [4.69, 9.17) is 0 Å². The van der Waals surface area contributed by atoms with Crippen LogP contribution in [0.4, 0.5) is 5.82 Å². The van der Waals surface area contributed by atoms with E-state index in [1.165, 1.54) is 6.20 Å². The Morgan fingerprint density at radius 2 is 2.45 bits per heavy atom. The van der Waals surface area contributed by atoms with Crippen LogP contribution in [0.3, 0.4) is 0 Å². The van der Waals surface area contributed by atoms with Gasteiger partial charge in [0.2, 0.25) is 0 Å². The van der Waals surface area contributed by atoms with Gasteiger partial charge in [-0.1, -0.05) is 6.92 Å². The molecule has 0 aliphatic rings. The van der Waals surface area contributed by atoms with Crippen molar-refractivity contribution in [2.75, 3.05) is 0 Å². The Balaban J connectivity index is 3.12. The van der Waals surface area contributed by atoms with Crippen molar-refractivity contribution in [3.05, 3.63) is 34.0 Å². The molecule has 0 bridgehead atoms. The van der Waals surface area contributed by atoms with Crippen molar-refractivity contribution >= 4 is 5.82 Å². The maximum Gasteiger partial charge on any atom is 0.366 e. The Kier molecular flexibility index (Phi) is 2.15. The molecule has 0 radical (unpaired) electrons. The van der Waals surface area contributed by atoms with Crippen LogP contribution in [0.1, 0.15) is 12.5 Å². The number of aromatic nitrogens is 1. The Bertz CT molecular complexity index is 273. The molecule has 0 N–H and O–H groups in total. The van der Waals surface area contributed by atoms with Crippen LogP contribution in [0.2, 0.25) is 0 Å². The molecule has 0 aliphatic heterocycles. The zero-order valence-corrected chi connectivity index (χ0v) is 6.15. The molecule has 0 aliphatic carbocycles. The molecule has 0 amide bonds. The van der Waals surface area contributed by atoms with E-state index >= 15 is 0 Å². The van der Waals surface area contributed by atoms with Gasteiger partial charge in [-0.25, -0.2) is 0 Å². The number of rotatable bonds is 2. The second-order valence-corrected chi connectivity index (χ2v) is 2.10. The van der Waals surface area contributed by atoms with Crippen LogP contribution in [-0.4, -0.2) is 9.91 Å². The van der Waals surface area contributed by atoms with Crippen LogP contribution in [0.25, 0.3) is 0 Å². The molecule has 0 unspecified atom stereocenters. The molecule has 0 aromatic carbocycles. The molecule has 0 saturated carbocycles. The van der Waals surface area contributed by atoms with Crippen LogP contribution in [-0.2, 0) is 6.42 Å². The fraction of sp³-hybridized carbons (Fsp3) is 0.286. The predicted molar refractivity (Wildman–Crippen MR) is 40.3 cm³/mol. The minimum atomic E-state index is -0.459. The minimum absolute atomic E-state index is 0.0324. The lowest BCUT2D eigenvalue weighted by Crippen LogP contribution is -1.96. The number of pyridine rings is 1. The van der Waals surface area contributed by atoms with E-state index in [1.807, 2.05) is 6.92 Å². The monoisotopic (exact) mass is 152 g/mol. The van der Waals surface area contributed by atoms with Gasteiger partial charge in [0.05, 0.1) is 0 Å². The molecule has 58 valence electrons. The summed E-state index contributed by atoms with van der Waals surface area (Å²) in [5, 5.41) is 10.3. The van der Waals surface area contributed by atoms with Crippen LogP contribution in [0, 0.1) is 10.1 Å². The van der Waals surface area contributed by atoms with Gasteiger partial charge in [0.1, 0.15) is 6.20 Å². The summed E-state index contributed by atoms with van der Waals surface area (Å²) in [4.78, 5) is 13.5. The molecule has 4 heteroatoms. The second kappa shape index (κ2) is 3.09. The highest BCUT2D eigenvalue weighted by Crippen LogP contribution is 2.13.